The number of rotatable bonds is 3. The number of nitrogens with zero attached hydrogens (tertiary/aromatic N) is 1. The average molecular weight is 171 g/mol. The molecule has 1 aliphatic heterocycles. The van der Waals surface area contributed by atoms with Crippen LogP contribution in [0.25, 0.3) is 0 Å². The first-order valence-electron chi connectivity index (χ1n) is 3.41. The van der Waals surface area contributed by atoms with Gasteiger partial charge in [0.05, 0.1) is 6.54 Å². The maximum absolute atomic E-state index is 12.2. The van der Waals surface area contributed by atoms with Gasteiger partial charge in [0.15, 0.2) is 0 Å². The highest BCUT2D eigenvalue weighted by Crippen LogP contribution is 2.25. The minimum Gasteiger partial charge on any atom is -0.297 e. The fourth-order valence-corrected chi connectivity index (χ4v) is 0.907. The zero-order chi connectivity index (χ0) is 8.48. The first-order valence-corrected chi connectivity index (χ1v) is 3.41. The van der Waals surface area contributed by atoms with Gasteiger partial charge in [0.2, 0.25) is 0 Å². The van der Waals surface area contributed by atoms with Crippen molar-refractivity contribution in [3.63, 3.8) is 0 Å². The molecule has 0 N–H and O–H groups in total. The van der Waals surface area contributed by atoms with Crippen LogP contribution in [0.1, 0.15) is 6.42 Å². The Bertz CT molecular complexity index is 133. The van der Waals surface area contributed by atoms with Crippen molar-refractivity contribution >= 4 is 0 Å². The molecule has 0 bridgehead atoms. The lowest BCUT2D eigenvalue weighted by Gasteiger charge is -2.33. The summed E-state index contributed by atoms with van der Waals surface area (Å²) in [5.41, 5.74) is 0. The van der Waals surface area contributed by atoms with Gasteiger partial charge in [-0.25, -0.2) is 8.78 Å². The van der Waals surface area contributed by atoms with Crippen molar-refractivity contribution in [1.29, 1.82) is 0 Å². The molecule has 1 saturated heterocycles. The van der Waals surface area contributed by atoms with Crippen LogP contribution in [-0.4, -0.2) is 36.9 Å². The van der Waals surface area contributed by atoms with Crippen LogP contribution >= 0.6 is 0 Å². The van der Waals surface area contributed by atoms with Crippen molar-refractivity contribution in [3.05, 3.63) is 0 Å². The van der Waals surface area contributed by atoms with Gasteiger partial charge in [-0.2, -0.15) is 8.78 Å². The van der Waals surface area contributed by atoms with E-state index in [1.54, 1.807) is 0 Å². The SMILES string of the molecule is FC(F)C(F)(F)CN1CCC1. The van der Waals surface area contributed by atoms with Crippen molar-refractivity contribution in [2.45, 2.75) is 18.8 Å². The van der Waals surface area contributed by atoms with Crippen molar-refractivity contribution in [1.82, 2.24) is 4.90 Å². The maximum Gasteiger partial charge on any atom is 0.319 e. The molecular formula is C6H9F4N. The molecule has 0 spiro atoms. The second-order valence-corrected chi connectivity index (χ2v) is 2.69. The van der Waals surface area contributed by atoms with E-state index in [-0.39, 0.29) is 0 Å². The second-order valence-electron chi connectivity index (χ2n) is 2.69. The van der Waals surface area contributed by atoms with Crippen molar-refractivity contribution < 1.29 is 17.6 Å². The molecule has 0 unspecified atom stereocenters. The molecule has 0 amide bonds. The number of alkyl halides is 4. The number of hydrogen-bond donors (Lipinski definition) is 0. The van der Waals surface area contributed by atoms with E-state index in [0.717, 1.165) is 6.42 Å². The minimum absolute atomic E-state index is 0.516. The summed E-state index contributed by atoms with van der Waals surface area (Å²) in [6, 6.07) is 0. The normalized spacial score (nSPS) is 20.5. The van der Waals surface area contributed by atoms with Gasteiger partial charge >= 0.3 is 12.3 Å². The van der Waals surface area contributed by atoms with Gasteiger partial charge in [-0.3, -0.25) is 4.90 Å². The van der Waals surface area contributed by atoms with E-state index in [9.17, 15) is 17.6 Å². The van der Waals surface area contributed by atoms with Crippen molar-refractivity contribution in [2.24, 2.45) is 0 Å². The summed E-state index contributed by atoms with van der Waals surface area (Å²) in [6.45, 7) is 0.231. The van der Waals surface area contributed by atoms with Crippen LogP contribution in [0.4, 0.5) is 17.6 Å². The first-order chi connectivity index (χ1) is 5.02. The third kappa shape index (κ3) is 2.05. The highest BCUT2D eigenvalue weighted by molar-refractivity contribution is 4.79. The lowest BCUT2D eigenvalue weighted by molar-refractivity contribution is -0.147. The Hall–Kier alpha value is -0.320. The molecule has 1 rings (SSSR count). The molecular weight excluding hydrogens is 162 g/mol. The molecule has 11 heavy (non-hydrogen) atoms. The van der Waals surface area contributed by atoms with Gasteiger partial charge < -0.3 is 0 Å². The van der Waals surface area contributed by atoms with Crippen LogP contribution < -0.4 is 0 Å². The predicted molar refractivity (Wildman–Crippen MR) is 32.0 cm³/mol. The predicted octanol–water partition coefficient (Wildman–Crippen LogP) is 1.59. The Kier molecular flexibility index (Phi) is 2.37. The van der Waals surface area contributed by atoms with Crippen LogP contribution in [0.2, 0.25) is 0 Å². The molecule has 1 nitrogen and oxygen atoms in total. The van der Waals surface area contributed by atoms with Gasteiger partial charge in [0.1, 0.15) is 0 Å². The molecule has 1 aliphatic rings. The Morgan fingerprint density at radius 2 is 1.82 bits per heavy atom. The first kappa shape index (κ1) is 8.77. The third-order valence-corrected chi connectivity index (χ3v) is 1.70. The van der Waals surface area contributed by atoms with Gasteiger partial charge in [-0.1, -0.05) is 0 Å². The van der Waals surface area contributed by atoms with Crippen LogP contribution in [0.5, 0.6) is 0 Å². The van der Waals surface area contributed by atoms with E-state index in [1.165, 1.54) is 4.90 Å². The van der Waals surface area contributed by atoms with Gasteiger partial charge in [0, 0.05) is 0 Å². The molecule has 0 aromatic carbocycles. The van der Waals surface area contributed by atoms with E-state index in [1.807, 2.05) is 0 Å². The van der Waals surface area contributed by atoms with Crippen molar-refractivity contribution in [3.8, 4) is 0 Å². The average Bonchev–Trinajstić information content (AvgIpc) is 1.79. The van der Waals surface area contributed by atoms with Gasteiger partial charge in [-0.15, -0.1) is 0 Å². The van der Waals surface area contributed by atoms with Gasteiger partial charge in [0.25, 0.3) is 0 Å². The fourth-order valence-electron chi connectivity index (χ4n) is 0.907. The maximum atomic E-state index is 12.2. The van der Waals surface area contributed by atoms with Crippen LogP contribution in [0.3, 0.4) is 0 Å². The number of hydrogen-bond acceptors (Lipinski definition) is 1. The Labute approximate surface area is 62.0 Å². The monoisotopic (exact) mass is 171 g/mol. The molecule has 1 heterocycles. The van der Waals surface area contributed by atoms with E-state index in [2.05, 4.69) is 0 Å². The smallest absolute Gasteiger partial charge is 0.297 e. The largest absolute Gasteiger partial charge is 0.319 e. The molecule has 0 aliphatic carbocycles. The standard InChI is InChI=1S/C6H9F4N/c7-5(8)6(9,10)4-11-2-1-3-11/h5H,1-4H2. The lowest BCUT2D eigenvalue weighted by Crippen LogP contribution is -2.47. The Morgan fingerprint density at radius 1 is 1.27 bits per heavy atom. The lowest BCUT2D eigenvalue weighted by atomic mass is 10.2. The topological polar surface area (TPSA) is 3.24 Å². The molecule has 0 saturated carbocycles. The Balaban J connectivity index is 2.32. The number of likely N-dealkylation sites (tertiary alicyclic amines) is 1. The molecule has 0 radical (unpaired) electrons. The summed E-state index contributed by atoms with van der Waals surface area (Å²) in [6.07, 6.45) is -2.71. The molecule has 5 heteroatoms. The summed E-state index contributed by atoms with van der Waals surface area (Å²) in [4.78, 5) is 1.33. The van der Waals surface area contributed by atoms with Crippen molar-refractivity contribution in [2.75, 3.05) is 19.6 Å². The minimum atomic E-state index is -3.83. The van der Waals surface area contributed by atoms with Gasteiger partial charge in [-0.05, 0) is 19.5 Å². The summed E-state index contributed by atoms with van der Waals surface area (Å²) >= 11 is 0. The summed E-state index contributed by atoms with van der Waals surface area (Å²) in [5, 5.41) is 0. The fraction of sp³-hybridized carbons (Fsp3) is 1.00. The van der Waals surface area contributed by atoms with E-state index < -0.39 is 18.9 Å². The quantitative estimate of drug-likeness (QED) is 0.583. The van der Waals surface area contributed by atoms with Crippen LogP contribution in [0.15, 0.2) is 0 Å². The molecule has 0 aromatic heterocycles. The second kappa shape index (κ2) is 2.97. The summed E-state index contributed by atoms with van der Waals surface area (Å²) in [7, 11) is 0. The van der Waals surface area contributed by atoms with E-state index in [0.29, 0.717) is 13.1 Å². The Morgan fingerprint density at radius 3 is 2.09 bits per heavy atom. The highest BCUT2D eigenvalue weighted by atomic mass is 19.3. The zero-order valence-corrected chi connectivity index (χ0v) is 5.86. The highest BCUT2D eigenvalue weighted by Gasteiger charge is 2.42. The summed E-state index contributed by atoms with van der Waals surface area (Å²) in [5.74, 6) is -3.83. The summed E-state index contributed by atoms with van der Waals surface area (Å²) < 4.78 is 47.6. The molecule has 0 aromatic rings. The van der Waals surface area contributed by atoms with Crippen LogP contribution in [0, 0.1) is 0 Å². The van der Waals surface area contributed by atoms with Crippen LogP contribution in [-0.2, 0) is 0 Å². The third-order valence-electron chi connectivity index (χ3n) is 1.70. The number of halogens is 4. The van der Waals surface area contributed by atoms with E-state index >= 15 is 0 Å². The zero-order valence-electron chi connectivity index (χ0n) is 5.86. The molecule has 0 atom stereocenters. The molecule has 1 fully saturated rings. The molecule has 66 valence electrons. The van der Waals surface area contributed by atoms with E-state index in [4.69, 9.17) is 0 Å².